The number of rotatable bonds is 3. The Morgan fingerprint density at radius 1 is 1.54 bits per heavy atom. The van der Waals surface area contributed by atoms with Crippen LogP contribution in [-0.4, -0.2) is 22.6 Å². The Morgan fingerprint density at radius 3 is 2.69 bits per heavy atom. The molecule has 0 saturated heterocycles. The Balaban J connectivity index is 2.83. The number of furan rings is 1. The predicted octanol–water partition coefficient (Wildman–Crippen LogP) is 0.00998. The van der Waals surface area contributed by atoms with E-state index in [1.165, 1.54) is 18.2 Å². The van der Waals surface area contributed by atoms with E-state index >= 15 is 0 Å². The standard InChI is InChI=1S/C8H7NO4/c9-3-6(11)8(12)7-2-1-5(4-10)13-7/h1-2,4,6,8,11-12H. The van der Waals surface area contributed by atoms with Crippen molar-refractivity contribution < 1.29 is 19.4 Å². The zero-order valence-corrected chi connectivity index (χ0v) is 6.54. The van der Waals surface area contributed by atoms with E-state index < -0.39 is 12.2 Å². The molecule has 0 aliphatic rings. The van der Waals surface area contributed by atoms with Crippen LogP contribution < -0.4 is 0 Å². The van der Waals surface area contributed by atoms with E-state index in [2.05, 4.69) is 0 Å². The van der Waals surface area contributed by atoms with Crippen LogP contribution in [0.15, 0.2) is 16.5 Å². The highest BCUT2D eigenvalue weighted by Crippen LogP contribution is 2.18. The fourth-order valence-corrected chi connectivity index (χ4v) is 0.817. The van der Waals surface area contributed by atoms with Gasteiger partial charge < -0.3 is 14.6 Å². The van der Waals surface area contributed by atoms with Crippen LogP contribution in [0.5, 0.6) is 0 Å². The van der Waals surface area contributed by atoms with Crippen LogP contribution >= 0.6 is 0 Å². The van der Waals surface area contributed by atoms with Gasteiger partial charge >= 0.3 is 0 Å². The molecule has 0 bridgehead atoms. The normalized spacial score (nSPS) is 14.5. The van der Waals surface area contributed by atoms with Gasteiger partial charge in [0.25, 0.3) is 0 Å². The Labute approximate surface area is 73.8 Å². The zero-order valence-electron chi connectivity index (χ0n) is 6.54. The summed E-state index contributed by atoms with van der Waals surface area (Å²) in [6.07, 6.45) is -2.50. The van der Waals surface area contributed by atoms with E-state index in [0.29, 0.717) is 6.29 Å². The Hall–Kier alpha value is -1.64. The largest absolute Gasteiger partial charge is 0.455 e. The van der Waals surface area contributed by atoms with E-state index in [-0.39, 0.29) is 11.5 Å². The summed E-state index contributed by atoms with van der Waals surface area (Å²) in [6, 6.07) is 4.12. The first-order chi connectivity index (χ1) is 6.19. The lowest BCUT2D eigenvalue weighted by Gasteiger charge is -2.07. The van der Waals surface area contributed by atoms with Gasteiger partial charge in [0.15, 0.2) is 24.3 Å². The average Bonchev–Trinajstić information content (AvgIpc) is 2.63. The molecule has 0 aliphatic heterocycles. The number of nitriles is 1. The molecule has 2 N–H and O–H groups in total. The maximum atomic E-state index is 10.2. The second-order valence-electron chi connectivity index (χ2n) is 2.38. The van der Waals surface area contributed by atoms with Crippen LogP contribution in [0.2, 0.25) is 0 Å². The van der Waals surface area contributed by atoms with Crippen LogP contribution in [-0.2, 0) is 0 Å². The van der Waals surface area contributed by atoms with Crippen molar-refractivity contribution in [1.82, 2.24) is 0 Å². The van der Waals surface area contributed by atoms with Crippen molar-refractivity contribution in [1.29, 1.82) is 5.26 Å². The average molecular weight is 181 g/mol. The van der Waals surface area contributed by atoms with Crippen molar-refractivity contribution in [2.75, 3.05) is 0 Å². The van der Waals surface area contributed by atoms with Crippen LogP contribution in [0, 0.1) is 11.3 Å². The van der Waals surface area contributed by atoms with Crippen molar-refractivity contribution in [2.45, 2.75) is 12.2 Å². The second kappa shape index (κ2) is 3.85. The Morgan fingerprint density at radius 2 is 2.23 bits per heavy atom. The maximum Gasteiger partial charge on any atom is 0.185 e. The highest BCUT2D eigenvalue weighted by atomic mass is 16.4. The van der Waals surface area contributed by atoms with E-state index in [1.807, 2.05) is 0 Å². The third kappa shape index (κ3) is 1.93. The van der Waals surface area contributed by atoms with Gasteiger partial charge in [0, 0.05) is 0 Å². The molecular formula is C8H7NO4. The molecule has 13 heavy (non-hydrogen) atoms. The number of aldehydes is 1. The number of nitrogens with zero attached hydrogens (tertiary/aromatic N) is 1. The van der Waals surface area contributed by atoms with Gasteiger partial charge in [-0.05, 0) is 12.1 Å². The Kier molecular flexibility index (Phi) is 2.80. The van der Waals surface area contributed by atoms with Gasteiger partial charge in [-0.15, -0.1) is 0 Å². The minimum atomic E-state index is -1.55. The molecule has 2 unspecified atom stereocenters. The minimum absolute atomic E-state index is 0.00356. The summed E-state index contributed by atoms with van der Waals surface area (Å²) in [6.45, 7) is 0. The third-order valence-electron chi connectivity index (χ3n) is 1.49. The maximum absolute atomic E-state index is 10.2. The van der Waals surface area contributed by atoms with Crippen LogP contribution in [0.4, 0.5) is 0 Å². The van der Waals surface area contributed by atoms with Crippen molar-refractivity contribution in [3.8, 4) is 6.07 Å². The minimum Gasteiger partial charge on any atom is -0.455 e. The van der Waals surface area contributed by atoms with Crippen LogP contribution in [0.25, 0.3) is 0 Å². The Bertz CT molecular complexity index is 338. The van der Waals surface area contributed by atoms with E-state index in [1.54, 1.807) is 0 Å². The highest BCUT2D eigenvalue weighted by Gasteiger charge is 2.20. The number of carbonyl (C=O) groups is 1. The lowest BCUT2D eigenvalue weighted by Crippen LogP contribution is -2.14. The first-order valence-electron chi connectivity index (χ1n) is 3.49. The summed E-state index contributed by atoms with van der Waals surface area (Å²) in [5.74, 6) is 0.0374. The third-order valence-corrected chi connectivity index (χ3v) is 1.49. The molecule has 0 fully saturated rings. The molecule has 0 aliphatic carbocycles. The molecule has 5 nitrogen and oxygen atoms in total. The van der Waals surface area contributed by atoms with Gasteiger partial charge in [0.2, 0.25) is 0 Å². The molecule has 0 amide bonds. The summed E-state index contributed by atoms with van der Waals surface area (Å²) >= 11 is 0. The van der Waals surface area contributed by atoms with Gasteiger partial charge in [0.1, 0.15) is 5.76 Å². The number of aliphatic hydroxyl groups is 2. The number of hydrogen-bond acceptors (Lipinski definition) is 5. The van der Waals surface area contributed by atoms with E-state index in [4.69, 9.17) is 14.8 Å². The molecular weight excluding hydrogens is 174 g/mol. The molecule has 0 aromatic carbocycles. The molecule has 5 heteroatoms. The summed E-state index contributed by atoms with van der Waals surface area (Å²) in [4.78, 5) is 10.2. The van der Waals surface area contributed by atoms with Gasteiger partial charge in [0.05, 0.1) is 6.07 Å². The topological polar surface area (TPSA) is 94.5 Å². The van der Waals surface area contributed by atoms with Gasteiger partial charge in [-0.2, -0.15) is 5.26 Å². The number of carbonyl (C=O) groups excluding carboxylic acids is 1. The molecule has 0 saturated carbocycles. The SMILES string of the molecule is N#CC(O)C(O)c1ccc(C=O)o1. The molecule has 1 aromatic heterocycles. The molecule has 1 heterocycles. The second-order valence-corrected chi connectivity index (χ2v) is 2.38. The number of hydrogen-bond donors (Lipinski definition) is 2. The first kappa shape index (κ1) is 9.45. The van der Waals surface area contributed by atoms with Gasteiger partial charge in [-0.3, -0.25) is 4.79 Å². The van der Waals surface area contributed by atoms with Crippen LogP contribution in [0.3, 0.4) is 0 Å². The lowest BCUT2D eigenvalue weighted by molar-refractivity contribution is 0.0371. The van der Waals surface area contributed by atoms with Gasteiger partial charge in [-0.1, -0.05) is 0 Å². The van der Waals surface area contributed by atoms with E-state index in [0.717, 1.165) is 0 Å². The molecule has 0 spiro atoms. The van der Waals surface area contributed by atoms with E-state index in [9.17, 15) is 9.90 Å². The molecule has 68 valence electrons. The summed E-state index contributed by atoms with van der Waals surface area (Å²) < 4.78 is 4.79. The highest BCUT2D eigenvalue weighted by molar-refractivity contribution is 5.70. The quantitative estimate of drug-likeness (QED) is 0.506. The summed E-state index contributed by atoms with van der Waals surface area (Å²) in [5.41, 5.74) is 0. The van der Waals surface area contributed by atoms with Gasteiger partial charge in [-0.25, -0.2) is 0 Å². The predicted molar refractivity (Wildman–Crippen MR) is 40.7 cm³/mol. The molecule has 2 atom stereocenters. The number of aliphatic hydroxyl groups excluding tert-OH is 2. The molecule has 0 radical (unpaired) electrons. The van der Waals surface area contributed by atoms with Crippen molar-refractivity contribution in [3.63, 3.8) is 0 Å². The smallest absolute Gasteiger partial charge is 0.185 e. The monoisotopic (exact) mass is 181 g/mol. The lowest BCUT2D eigenvalue weighted by atomic mass is 10.2. The fraction of sp³-hybridized carbons (Fsp3) is 0.250. The summed E-state index contributed by atoms with van der Waals surface area (Å²) in [7, 11) is 0. The fourth-order valence-electron chi connectivity index (χ4n) is 0.817. The van der Waals surface area contributed by atoms with Crippen LogP contribution in [0.1, 0.15) is 22.4 Å². The summed E-state index contributed by atoms with van der Waals surface area (Å²) in [5, 5.41) is 26.4. The molecule has 1 rings (SSSR count). The zero-order chi connectivity index (χ0) is 9.84. The van der Waals surface area contributed by atoms with Crippen molar-refractivity contribution in [2.24, 2.45) is 0 Å². The molecule has 1 aromatic rings. The first-order valence-corrected chi connectivity index (χ1v) is 3.49. The van der Waals surface area contributed by atoms with Crippen molar-refractivity contribution >= 4 is 6.29 Å². The van der Waals surface area contributed by atoms with Crippen molar-refractivity contribution in [3.05, 3.63) is 23.7 Å².